The Labute approximate surface area is 143 Å². The summed E-state index contributed by atoms with van der Waals surface area (Å²) in [5.41, 5.74) is 0. The molecule has 1 fully saturated rings. The van der Waals surface area contributed by atoms with Crippen molar-refractivity contribution >= 4 is 40.8 Å². The number of likely N-dealkylation sites (N-methyl/N-ethyl adjacent to an activating group) is 1. The lowest BCUT2D eigenvalue weighted by molar-refractivity contribution is -0.142. The zero-order valence-corrected chi connectivity index (χ0v) is 14.0. The highest BCUT2D eigenvalue weighted by Gasteiger charge is 2.41. The van der Waals surface area contributed by atoms with Crippen molar-refractivity contribution < 1.29 is 19.1 Å². The molecule has 2 rings (SSSR count). The zero-order chi connectivity index (χ0) is 17.0. The fourth-order valence-corrected chi connectivity index (χ4v) is 2.69. The van der Waals surface area contributed by atoms with Crippen LogP contribution in [0.2, 0.25) is 10.0 Å². The summed E-state index contributed by atoms with van der Waals surface area (Å²) >= 11 is 11.9. The van der Waals surface area contributed by atoms with Gasteiger partial charge in [0.15, 0.2) is 5.75 Å². The number of nitrogens with zero attached hydrogens (tertiary/aromatic N) is 1. The number of amides is 2. The average Bonchev–Trinajstić information content (AvgIpc) is 2.77. The number of Topliss-reactive ketones (excluding diaryl/α,β-unsaturated/α-hetero) is 1. The molecule has 23 heavy (non-hydrogen) atoms. The summed E-state index contributed by atoms with van der Waals surface area (Å²) in [6, 6.07) is 5.06. The molecule has 1 N–H and O–H groups in total. The maximum Gasteiger partial charge on any atom is 0.290 e. The second-order valence-electron chi connectivity index (χ2n) is 5.15. The van der Waals surface area contributed by atoms with Crippen molar-refractivity contribution in [3.8, 4) is 5.75 Å². The fraction of sp³-hybridized carbons (Fsp3) is 0.400. The molecule has 1 atom stereocenters. The van der Waals surface area contributed by atoms with E-state index >= 15 is 0 Å². The summed E-state index contributed by atoms with van der Waals surface area (Å²) in [5.74, 6) is -2.25. The number of nitrogens with one attached hydrogen (secondary N) is 1. The lowest BCUT2D eigenvalue weighted by Gasteiger charge is -2.11. The lowest BCUT2D eigenvalue weighted by Crippen LogP contribution is -2.36. The van der Waals surface area contributed by atoms with Crippen LogP contribution in [0.15, 0.2) is 18.2 Å². The monoisotopic (exact) mass is 358 g/mol. The first kappa shape index (κ1) is 17.6. The summed E-state index contributed by atoms with van der Waals surface area (Å²) in [6.07, 6.45) is 0.512. The Kier molecular flexibility index (Phi) is 5.85. The van der Waals surface area contributed by atoms with Gasteiger partial charge in [0, 0.05) is 20.1 Å². The highest BCUT2D eigenvalue weighted by atomic mass is 35.5. The molecule has 1 saturated heterocycles. The van der Waals surface area contributed by atoms with Crippen LogP contribution in [0.1, 0.15) is 6.42 Å². The summed E-state index contributed by atoms with van der Waals surface area (Å²) in [7, 11) is 1.49. The number of benzene rings is 1. The van der Waals surface area contributed by atoms with Crippen molar-refractivity contribution in [1.82, 2.24) is 10.2 Å². The molecule has 0 radical (unpaired) electrons. The van der Waals surface area contributed by atoms with E-state index in [1.807, 2.05) is 0 Å². The van der Waals surface area contributed by atoms with Crippen LogP contribution in [-0.4, -0.2) is 49.2 Å². The minimum absolute atomic E-state index is 0.120. The number of carbonyl (C=O) groups excluding carboxylic acids is 3. The van der Waals surface area contributed by atoms with Gasteiger partial charge in [-0.15, -0.1) is 0 Å². The Hall–Kier alpha value is -1.79. The predicted octanol–water partition coefficient (Wildman–Crippen LogP) is 1.54. The highest BCUT2D eigenvalue weighted by molar-refractivity contribution is 6.42. The van der Waals surface area contributed by atoms with Crippen LogP contribution in [0, 0.1) is 5.92 Å². The van der Waals surface area contributed by atoms with E-state index in [1.54, 1.807) is 18.2 Å². The Morgan fingerprint density at radius 1 is 1.35 bits per heavy atom. The molecule has 0 aliphatic carbocycles. The van der Waals surface area contributed by atoms with Gasteiger partial charge in [-0.25, -0.2) is 0 Å². The number of para-hydroxylation sites is 1. The molecule has 1 unspecified atom stereocenters. The number of ketones is 1. The van der Waals surface area contributed by atoms with E-state index in [9.17, 15) is 14.4 Å². The second-order valence-corrected chi connectivity index (χ2v) is 5.96. The summed E-state index contributed by atoms with van der Waals surface area (Å²) in [4.78, 5) is 36.1. The third kappa shape index (κ3) is 4.14. The normalized spacial score (nSPS) is 17.5. The van der Waals surface area contributed by atoms with Crippen molar-refractivity contribution in [2.75, 3.05) is 26.7 Å². The Balaban J connectivity index is 1.73. The molecule has 0 aromatic heterocycles. The molecule has 0 bridgehead atoms. The maximum absolute atomic E-state index is 11.9. The van der Waals surface area contributed by atoms with Crippen LogP contribution >= 0.6 is 23.2 Å². The van der Waals surface area contributed by atoms with Gasteiger partial charge in [0.1, 0.15) is 5.92 Å². The minimum atomic E-state index is -0.925. The Bertz CT molecular complexity index is 616. The minimum Gasteiger partial charge on any atom is -0.490 e. The molecule has 1 aromatic carbocycles. The van der Waals surface area contributed by atoms with Gasteiger partial charge in [0.25, 0.3) is 5.91 Å². The molecular weight excluding hydrogens is 343 g/mol. The number of rotatable bonds is 6. The largest absolute Gasteiger partial charge is 0.490 e. The quantitative estimate of drug-likeness (QED) is 0.475. The third-order valence-electron chi connectivity index (χ3n) is 3.43. The van der Waals surface area contributed by atoms with Gasteiger partial charge in [-0.3, -0.25) is 14.4 Å². The summed E-state index contributed by atoms with van der Waals surface area (Å²) in [6.45, 7) is 0.749. The molecule has 0 saturated carbocycles. The van der Waals surface area contributed by atoms with Crippen LogP contribution in [0.5, 0.6) is 5.75 Å². The maximum atomic E-state index is 11.9. The van der Waals surface area contributed by atoms with Crippen molar-refractivity contribution in [2.45, 2.75) is 6.42 Å². The summed E-state index contributed by atoms with van der Waals surface area (Å²) < 4.78 is 5.49. The van der Waals surface area contributed by atoms with Crippen LogP contribution in [-0.2, 0) is 14.4 Å². The smallest absolute Gasteiger partial charge is 0.290 e. The first-order valence-corrected chi connectivity index (χ1v) is 7.81. The SMILES string of the molecule is CN1CC(C(=O)NCCCOc2c(Cl)cccc2Cl)C(=O)C1=O. The molecule has 2 amide bonds. The van der Waals surface area contributed by atoms with Gasteiger partial charge in [0.05, 0.1) is 16.7 Å². The molecule has 1 aliphatic heterocycles. The highest BCUT2D eigenvalue weighted by Crippen LogP contribution is 2.32. The Morgan fingerprint density at radius 3 is 2.57 bits per heavy atom. The number of carbonyl (C=O) groups is 3. The van der Waals surface area contributed by atoms with E-state index < -0.39 is 23.5 Å². The molecule has 0 spiro atoms. The van der Waals surface area contributed by atoms with E-state index in [-0.39, 0.29) is 6.54 Å². The lowest BCUT2D eigenvalue weighted by atomic mass is 10.1. The van der Waals surface area contributed by atoms with Gasteiger partial charge < -0.3 is 15.0 Å². The molecule has 1 aromatic rings. The molecule has 1 heterocycles. The van der Waals surface area contributed by atoms with Crippen LogP contribution < -0.4 is 10.1 Å². The topological polar surface area (TPSA) is 75.7 Å². The molecular formula is C15H16Cl2N2O4. The standard InChI is InChI=1S/C15H16Cl2N2O4/c1-19-8-9(12(20)15(19)22)14(21)18-6-3-7-23-13-10(16)4-2-5-11(13)17/h2,4-5,9H,3,6-8H2,1H3,(H,18,21). The first-order valence-electron chi connectivity index (χ1n) is 7.05. The Morgan fingerprint density at radius 2 is 2.00 bits per heavy atom. The predicted molar refractivity (Wildman–Crippen MR) is 85.7 cm³/mol. The van der Waals surface area contributed by atoms with Crippen LogP contribution in [0.4, 0.5) is 0 Å². The van der Waals surface area contributed by atoms with Crippen molar-refractivity contribution in [1.29, 1.82) is 0 Å². The molecule has 6 nitrogen and oxygen atoms in total. The first-order chi connectivity index (χ1) is 10.9. The summed E-state index contributed by atoms with van der Waals surface area (Å²) in [5, 5.41) is 3.46. The van der Waals surface area contributed by atoms with Crippen LogP contribution in [0.3, 0.4) is 0 Å². The van der Waals surface area contributed by atoms with Gasteiger partial charge in [-0.05, 0) is 18.6 Å². The average molecular weight is 359 g/mol. The van der Waals surface area contributed by atoms with E-state index in [2.05, 4.69) is 5.32 Å². The molecule has 1 aliphatic rings. The van der Waals surface area contributed by atoms with Crippen molar-refractivity contribution in [2.24, 2.45) is 5.92 Å². The number of hydrogen-bond acceptors (Lipinski definition) is 4. The number of likely N-dealkylation sites (tertiary alicyclic amines) is 1. The van der Waals surface area contributed by atoms with Gasteiger partial charge in [-0.2, -0.15) is 0 Å². The van der Waals surface area contributed by atoms with E-state index in [0.29, 0.717) is 35.4 Å². The van der Waals surface area contributed by atoms with Gasteiger partial charge in [-0.1, -0.05) is 29.3 Å². The van der Waals surface area contributed by atoms with E-state index in [4.69, 9.17) is 27.9 Å². The zero-order valence-electron chi connectivity index (χ0n) is 12.5. The van der Waals surface area contributed by atoms with Crippen LogP contribution in [0.25, 0.3) is 0 Å². The van der Waals surface area contributed by atoms with Gasteiger partial charge in [0.2, 0.25) is 11.7 Å². The number of hydrogen-bond donors (Lipinski definition) is 1. The van der Waals surface area contributed by atoms with Gasteiger partial charge >= 0.3 is 0 Å². The molecule has 8 heteroatoms. The third-order valence-corrected chi connectivity index (χ3v) is 4.03. The van der Waals surface area contributed by atoms with Crippen molar-refractivity contribution in [3.63, 3.8) is 0 Å². The second kappa shape index (κ2) is 7.66. The number of halogens is 2. The fourth-order valence-electron chi connectivity index (χ4n) is 2.18. The molecule has 124 valence electrons. The van der Waals surface area contributed by atoms with E-state index in [0.717, 1.165) is 0 Å². The number of ether oxygens (including phenoxy) is 1. The van der Waals surface area contributed by atoms with E-state index in [1.165, 1.54) is 11.9 Å². The van der Waals surface area contributed by atoms with Crippen molar-refractivity contribution in [3.05, 3.63) is 28.2 Å².